The lowest BCUT2D eigenvalue weighted by Crippen LogP contribution is -2.53. The van der Waals surface area contributed by atoms with E-state index in [2.05, 4.69) is 0 Å². The molecule has 2 aliphatic carbocycles. The Bertz CT molecular complexity index is 1310. The maximum absolute atomic E-state index is 13.3. The molecule has 6 unspecified atom stereocenters. The summed E-state index contributed by atoms with van der Waals surface area (Å²) < 4.78 is 11.7. The molecule has 2 aromatic rings. The average Bonchev–Trinajstić information content (AvgIpc) is 2.87. The quantitative estimate of drug-likeness (QED) is 0.257. The topological polar surface area (TPSA) is 197 Å². The number of fused-ring (bicyclic) bond motifs is 3. The van der Waals surface area contributed by atoms with Crippen molar-refractivity contribution in [2.24, 2.45) is 5.73 Å². The van der Waals surface area contributed by atoms with Crippen LogP contribution in [0.15, 0.2) is 24.3 Å². The molecule has 1 heterocycles. The first-order chi connectivity index (χ1) is 17.5. The van der Waals surface area contributed by atoms with Gasteiger partial charge < -0.3 is 40.7 Å². The third-order valence-corrected chi connectivity index (χ3v) is 7.50. The molecule has 2 aromatic carbocycles. The van der Waals surface area contributed by atoms with Gasteiger partial charge in [-0.05, 0) is 6.92 Å². The lowest BCUT2D eigenvalue weighted by molar-refractivity contribution is -0.247. The van der Waals surface area contributed by atoms with E-state index in [0.717, 1.165) is 0 Å². The van der Waals surface area contributed by atoms with Gasteiger partial charge in [-0.25, -0.2) is 0 Å². The highest BCUT2D eigenvalue weighted by Crippen LogP contribution is 2.52. The van der Waals surface area contributed by atoms with E-state index in [1.165, 1.54) is 12.1 Å². The van der Waals surface area contributed by atoms with Crippen molar-refractivity contribution in [2.45, 2.75) is 62.4 Å². The SMILES string of the molecule is CC1OC(OC2CC(O)(C(=O)CO)Cc3c(O)c4c(c(O)c32)C(=O)c2ccccc2C4=O)CC(N)C1O. The number of ether oxygens (including phenoxy) is 2. The highest BCUT2D eigenvalue weighted by molar-refractivity contribution is 6.30. The average molecular weight is 513 g/mol. The first-order valence-electron chi connectivity index (χ1n) is 11.9. The Balaban J connectivity index is 1.67. The van der Waals surface area contributed by atoms with Crippen molar-refractivity contribution >= 4 is 17.3 Å². The molecule has 1 saturated heterocycles. The van der Waals surface area contributed by atoms with E-state index < -0.39 is 95.7 Å². The summed E-state index contributed by atoms with van der Waals surface area (Å²) >= 11 is 0. The number of hydrogen-bond acceptors (Lipinski definition) is 11. The Kier molecular flexibility index (Phi) is 6.18. The summed E-state index contributed by atoms with van der Waals surface area (Å²) in [5.74, 6) is -3.63. The highest BCUT2D eigenvalue weighted by atomic mass is 16.7. The number of aliphatic hydroxyl groups is 3. The Morgan fingerprint density at radius 2 is 1.73 bits per heavy atom. The number of Topliss-reactive ketones (excluding diaryl/α,β-unsaturated/α-hetero) is 1. The monoisotopic (exact) mass is 513 g/mol. The molecule has 11 heteroatoms. The first kappa shape index (κ1) is 25.5. The Labute approximate surface area is 211 Å². The second-order valence-electron chi connectivity index (χ2n) is 9.82. The third-order valence-electron chi connectivity index (χ3n) is 7.50. The number of ketones is 3. The zero-order valence-corrected chi connectivity index (χ0v) is 19.9. The Morgan fingerprint density at radius 3 is 2.30 bits per heavy atom. The summed E-state index contributed by atoms with van der Waals surface area (Å²) in [6.07, 6.45) is -4.97. The Morgan fingerprint density at radius 1 is 1.14 bits per heavy atom. The lowest BCUT2D eigenvalue weighted by Gasteiger charge is -2.42. The van der Waals surface area contributed by atoms with Gasteiger partial charge in [0.05, 0.1) is 29.4 Å². The molecule has 0 amide bonds. The number of aromatic hydroxyl groups is 2. The molecule has 0 spiro atoms. The summed E-state index contributed by atoms with van der Waals surface area (Å²) in [6, 6.07) is 5.27. The number of benzene rings is 2. The number of aliphatic hydroxyl groups excluding tert-OH is 2. The van der Waals surface area contributed by atoms with Crippen LogP contribution in [0, 0.1) is 0 Å². The second kappa shape index (κ2) is 8.98. The number of rotatable bonds is 4. The fraction of sp³-hybridized carbons (Fsp3) is 0.423. The summed E-state index contributed by atoms with van der Waals surface area (Å²) in [5.41, 5.74) is 2.78. The standard InChI is InChI=1S/C26H27NO10/c1-10-21(30)14(27)6-17(36-10)37-15-8-26(35,16(29)9-28)7-13-18(15)25(34)20-19(24(13)33)22(31)11-4-2-3-5-12(11)23(20)32/h2-5,10,14-15,17,21,28,30,33-35H,6-9,27H2,1H3. The molecule has 196 valence electrons. The van der Waals surface area contributed by atoms with Crippen molar-refractivity contribution in [3.05, 3.63) is 57.6 Å². The number of carbonyl (C=O) groups excluding carboxylic acids is 3. The molecule has 0 bridgehead atoms. The fourth-order valence-corrected chi connectivity index (χ4v) is 5.51. The van der Waals surface area contributed by atoms with Crippen LogP contribution in [-0.4, -0.2) is 79.6 Å². The van der Waals surface area contributed by atoms with Crippen LogP contribution in [0.25, 0.3) is 0 Å². The molecular weight excluding hydrogens is 486 g/mol. The van der Waals surface area contributed by atoms with Gasteiger partial charge in [-0.1, -0.05) is 24.3 Å². The van der Waals surface area contributed by atoms with Crippen molar-refractivity contribution in [1.29, 1.82) is 0 Å². The Hall–Kier alpha value is -3.19. The van der Waals surface area contributed by atoms with Crippen molar-refractivity contribution in [3.8, 4) is 11.5 Å². The van der Waals surface area contributed by atoms with E-state index in [1.807, 2.05) is 0 Å². The molecule has 11 nitrogen and oxygen atoms in total. The van der Waals surface area contributed by atoms with E-state index in [4.69, 9.17) is 15.2 Å². The van der Waals surface area contributed by atoms with E-state index in [0.29, 0.717) is 0 Å². The molecule has 6 atom stereocenters. The van der Waals surface area contributed by atoms with Crippen LogP contribution in [0.1, 0.15) is 68.8 Å². The van der Waals surface area contributed by atoms with Gasteiger partial charge in [0.2, 0.25) is 0 Å². The largest absolute Gasteiger partial charge is 0.507 e. The van der Waals surface area contributed by atoms with Crippen molar-refractivity contribution in [3.63, 3.8) is 0 Å². The van der Waals surface area contributed by atoms with Crippen LogP contribution in [-0.2, 0) is 20.7 Å². The smallest absolute Gasteiger partial charge is 0.198 e. The predicted octanol–water partition coefficient (Wildman–Crippen LogP) is -0.00730. The minimum absolute atomic E-state index is 0.0339. The number of carbonyl (C=O) groups is 3. The molecule has 3 aliphatic rings. The van der Waals surface area contributed by atoms with Gasteiger partial charge in [0.1, 0.15) is 23.7 Å². The first-order valence-corrected chi connectivity index (χ1v) is 11.9. The zero-order chi connectivity index (χ0) is 26.8. The van der Waals surface area contributed by atoms with Crippen LogP contribution >= 0.6 is 0 Å². The van der Waals surface area contributed by atoms with Gasteiger partial charge in [0, 0.05) is 47.6 Å². The lowest BCUT2D eigenvalue weighted by atomic mass is 9.72. The van der Waals surface area contributed by atoms with Gasteiger partial charge in [-0.3, -0.25) is 14.4 Å². The molecule has 0 radical (unpaired) electrons. The van der Waals surface area contributed by atoms with Crippen molar-refractivity contribution < 1.29 is 49.4 Å². The summed E-state index contributed by atoms with van der Waals surface area (Å²) in [7, 11) is 0. The minimum atomic E-state index is -2.22. The van der Waals surface area contributed by atoms with Crippen LogP contribution < -0.4 is 5.73 Å². The van der Waals surface area contributed by atoms with Crippen molar-refractivity contribution in [2.75, 3.05) is 6.61 Å². The number of nitrogens with two attached hydrogens (primary N) is 1. The normalized spacial score (nSPS) is 30.9. The van der Waals surface area contributed by atoms with E-state index in [-0.39, 0.29) is 28.7 Å². The molecule has 5 rings (SSSR count). The molecule has 37 heavy (non-hydrogen) atoms. The second-order valence-corrected chi connectivity index (χ2v) is 9.82. The molecule has 7 N–H and O–H groups in total. The number of phenols is 2. The maximum atomic E-state index is 13.3. The van der Waals surface area contributed by atoms with Crippen molar-refractivity contribution in [1.82, 2.24) is 0 Å². The van der Waals surface area contributed by atoms with Crippen LogP contribution in [0.2, 0.25) is 0 Å². The van der Waals surface area contributed by atoms with Gasteiger partial charge in [0.15, 0.2) is 23.6 Å². The van der Waals surface area contributed by atoms with Crippen LogP contribution in [0.4, 0.5) is 0 Å². The molecule has 0 aromatic heterocycles. The summed E-state index contributed by atoms with van der Waals surface area (Å²) in [4.78, 5) is 39.2. The van der Waals surface area contributed by atoms with Gasteiger partial charge in [-0.2, -0.15) is 0 Å². The van der Waals surface area contributed by atoms with Gasteiger partial charge >= 0.3 is 0 Å². The van der Waals surface area contributed by atoms with Gasteiger partial charge in [0.25, 0.3) is 0 Å². The van der Waals surface area contributed by atoms with Crippen LogP contribution in [0.3, 0.4) is 0 Å². The molecule has 1 fully saturated rings. The van der Waals surface area contributed by atoms with Gasteiger partial charge in [-0.15, -0.1) is 0 Å². The molecule has 1 aliphatic heterocycles. The van der Waals surface area contributed by atoms with Crippen LogP contribution in [0.5, 0.6) is 11.5 Å². The minimum Gasteiger partial charge on any atom is -0.507 e. The fourth-order valence-electron chi connectivity index (χ4n) is 5.51. The zero-order valence-electron chi connectivity index (χ0n) is 19.9. The molecule has 0 saturated carbocycles. The molecular formula is C26H27NO10. The number of hydrogen-bond donors (Lipinski definition) is 6. The van der Waals surface area contributed by atoms with E-state index in [1.54, 1.807) is 19.1 Å². The number of phenolic OH excluding ortho intramolecular Hbond substituents is 2. The highest BCUT2D eigenvalue weighted by Gasteiger charge is 2.49. The summed E-state index contributed by atoms with van der Waals surface area (Å²) in [6.45, 7) is 0.580. The summed E-state index contributed by atoms with van der Waals surface area (Å²) in [5, 5.41) is 53.4. The maximum Gasteiger partial charge on any atom is 0.198 e. The van der Waals surface area contributed by atoms with E-state index in [9.17, 15) is 39.9 Å². The predicted molar refractivity (Wildman–Crippen MR) is 125 cm³/mol. The van der Waals surface area contributed by atoms with E-state index >= 15 is 0 Å². The third kappa shape index (κ3) is 3.86.